The van der Waals surface area contributed by atoms with Gasteiger partial charge in [-0.25, -0.2) is 0 Å². The molecule has 1 heterocycles. The summed E-state index contributed by atoms with van der Waals surface area (Å²) in [6.45, 7) is 7.99. The first-order valence-corrected chi connectivity index (χ1v) is 9.04. The highest BCUT2D eigenvalue weighted by Gasteiger charge is 2.16. The van der Waals surface area contributed by atoms with Crippen molar-refractivity contribution in [2.45, 2.75) is 33.3 Å². The topological polar surface area (TPSA) is 52.6 Å². The molecule has 1 atom stereocenters. The molecule has 2 N–H and O–H groups in total. The van der Waals surface area contributed by atoms with Gasteiger partial charge < -0.3 is 15.3 Å². The maximum atomic E-state index is 12.0. The van der Waals surface area contributed by atoms with Crippen LogP contribution >= 0.6 is 11.8 Å². The van der Waals surface area contributed by atoms with Crippen LogP contribution in [0.5, 0.6) is 0 Å². The number of nitrogens with one attached hydrogen (secondary N) is 1. The van der Waals surface area contributed by atoms with E-state index in [1.807, 2.05) is 38.6 Å². The molecule has 2 rings (SSSR count). The van der Waals surface area contributed by atoms with Crippen molar-refractivity contribution in [1.29, 1.82) is 0 Å². The smallest absolute Gasteiger partial charge is 0.226 e. The van der Waals surface area contributed by atoms with E-state index in [9.17, 15) is 9.90 Å². The van der Waals surface area contributed by atoms with Crippen LogP contribution in [0.15, 0.2) is 18.2 Å². The molecule has 1 aromatic carbocycles. The summed E-state index contributed by atoms with van der Waals surface area (Å²) < 4.78 is 0. The molecule has 1 amide bonds. The van der Waals surface area contributed by atoms with Gasteiger partial charge in [0.25, 0.3) is 0 Å². The van der Waals surface area contributed by atoms with E-state index in [1.54, 1.807) is 0 Å². The number of benzene rings is 1. The number of anilines is 2. The number of carbonyl (C=O) groups is 1. The highest BCUT2D eigenvalue weighted by molar-refractivity contribution is 7.99. The Bertz CT molecular complexity index is 513. The maximum Gasteiger partial charge on any atom is 0.226 e. The number of thioether (sulfide) groups is 1. The molecule has 1 aliphatic rings. The summed E-state index contributed by atoms with van der Waals surface area (Å²) in [6, 6.07) is 6.16. The predicted molar refractivity (Wildman–Crippen MR) is 94.8 cm³/mol. The van der Waals surface area contributed by atoms with Crippen molar-refractivity contribution in [2.24, 2.45) is 5.92 Å². The van der Waals surface area contributed by atoms with Gasteiger partial charge in [0.2, 0.25) is 5.91 Å². The standard InChI is InChI=1S/C17H26N2O2S/c1-12(2)16(20)11-17(21)18-15-5-4-14(10-13(15)3)19-6-8-22-9-7-19/h4-5,10,12,16,20H,6-9,11H2,1-3H3,(H,18,21). The molecule has 5 heteroatoms. The van der Waals surface area contributed by atoms with Crippen LogP contribution < -0.4 is 10.2 Å². The van der Waals surface area contributed by atoms with Gasteiger partial charge in [0, 0.05) is 36.0 Å². The summed E-state index contributed by atoms with van der Waals surface area (Å²) in [5.41, 5.74) is 3.11. The molecule has 0 radical (unpaired) electrons. The maximum absolute atomic E-state index is 12.0. The van der Waals surface area contributed by atoms with Crippen molar-refractivity contribution in [2.75, 3.05) is 34.8 Å². The first kappa shape index (κ1) is 17.2. The van der Waals surface area contributed by atoms with E-state index in [-0.39, 0.29) is 18.2 Å². The van der Waals surface area contributed by atoms with Crippen LogP contribution in [0.3, 0.4) is 0 Å². The van der Waals surface area contributed by atoms with E-state index in [2.05, 4.69) is 22.3 Å². The number of hydrogen-bond donors (Lipinski definition) is 2. The minimum Gasteiger partial charge on any atom is -0.392 e. The van der Waals surface area contributed by atoms with Gasteiger partial charge >= 0.3 is 0 Å². The third-order valence-electron chi connectivity index (χ3n) is 4.02. The number of aliphatic hydroxyl groups excluding tert-OH is 1. The third-order valence-corrected chi connectivity index (χ3v) is 4.97. The Kier molecular flexibility index (Phi) is 6.15. The molecular weight excluding hydrogens is 296 g/mol. The van der Waals surface area contributed by atoms with Crippen LogP contribution in [0.4, 0.5) is 11.4 Å². The zero-order valence-electron chi connectivity index (χ0n) is 13.6. The van der Waals surface area contributed by atoms with Crippen molar-refractivity contribution in [3.8, 4) is 0 Å². The molecule has 0 aromatic heterocycles. The number of aryl methyl sites for hydroxylation is 1. The van der Waals surface area contributed by atoms with E-state index >= 15 is 0 Å². The van der Waals surface area contributed by atoms with E-state index in [0.717, 1.165) is 24.3 Å². The highest BCUT2D eigenvalue weighted by Crippen LogP contribution is 2.25. The van der Waals surface area contributed by atoms with E-state index in [0.29, 0.717) is 0 Å². The number of aliphatic hydroxyl groups is 1. The molecule has 0 saturated carbocycles. The summed E-state index contributed by atoms with van der Waals surface area (Å²) >= 11 is 1.99. The molecule has 0 aliphatic carbocycles. The normalized spacial score (nSPS) is 16.7. The van der Waals surface area contributed by atoms with Crippen molar-refractivity contribution < 1.29 is 9.90 Å². The minimum absolute atomic E-state index is 0.0891. The van der Waals surface area contributed by atoms with Crippen LogP contribution in [-0.2, 0) is 4.79 Å². The van der Waals surface area contributed by atoms with Crippen molar-refractivity contribution in [3.05, 3.63) is 23.8 Å². The summed E-state index contributed by atoms with van der Waals surface area (Å²) in [5.74, 6) is 2.30. The third kappa shape index (κ3) is 4.65. The van der Waals surface area contributed by atoms with Gasteiger partial charge in [-0.1, -0.05) is 13.8 Å². The van der Waals surface area contributed by atoms with E-state index in [1.165, 1.54) is 17.2 Å². The lowest BCUT2D eigenvalue weighted by Gasteiger charge is -2.29. The fourth-order valence-electron chi connectivity index (χ4n) is 2.43. The highest BCUT2D eigenvalue weighted by atomic mass is 32.2. The van der Waals surface area contributed by atoms with E-state index < -0.39 is 6.10 Å². The largest absolute Gasteiger partial charge is 0.392 e. The first-order valence-electron chi connectivity index (χ1n) is 7.88. The SMILES string of the molecule is Cc1cc(N2CCSCC2)ccc1NC(=O)CC(O)C(C)C. The number of nitrogens with zero attached hydrogens (tertiary/aromatic N) is 1. The first-order chi connectivity index (χ1) is 10.5. The van der Waals surface area contributed by atoms with Crippen molar-refractivity contribution in [3.63, 3.8) is 0 Å². The summed E-state index contributed by atoms with van der Waals surface area (Å²) in [4.78, 5) is 14.4. The lowest BCUT2D eigenvalue weighted by atomic mass is 10.0. The Morgan fingerprint density at radius 3 is 2.64 bits per heavy atom. The van der Waals surface area contributed by atoms with Crippen LogP contribution in [0.25, 0.3) is 0 Å². The minimum atomic E-state index is -0.592. The molecule has 0 bridgehead atoms. The van der Waals surface area contributed by atoms with Crippen LogP contribution in [-0.4, -0.2) is 41.7 Å². The Hall–Kier alpha value is -1.20. The quantitative estimate of drug-likeness (QED) is 0.875. The van der Waals surface area contributed by atoms with Crippen molar-refractivity contribution in [1.82, 2.24) is 0 Å². The Labute approximate surface area is 137 Å². The molecule has 1 aliphatic heterocycles. The Morgan fingerprint density at radius 2 is 2.05 bits per heavy atom. The van der Waals surface area contributed by atoms with Crippen LogP contribution in [0, 0.1) is 12.8 Å². The lowest BCUT2D eigenvalue weighted by Crippen LogP contribution is -2.32. The second-order valence-electron chi connectivity index (χ2n) is 6.16. The van der Waals surface area contributed by atoms with E-state index in [4.69, 9.17) is 0 Å². The fourth-order valence-corrected chi connectivity index (χ4v) is 3.34. The lowest BCUT2D eigenvalue weighted by molar-refractivity contribution is -0.118. The second-order valence-corrected chi connectivity index (χ2v) is 7.39. The number of carbonyl (C=O) groups excluding carboxylic acids is 1. The zero-order chi connectivity index (χ0) is 16.1. The molecule has 0 spiro atoms. The van der Waals surface area contributed by atoms with Gasteiger partial charge in [-0.15, -0.1) is 0 Å². The Morgan fingerprint density at radius 1 is 1.36 bits per heavy atom. The molecule has 1 aromatic rings. The molecule has 122 valence electrons. The predicted octanol–water partition coefficient (Wildman–Crippen LogP) is 2.89. The number of amides is 1. The van der Waals surface area contributed by atoms with Gasteiger partial charge in [-0.05, 0) is 36.6 Å². The average molecular weight is 322 g/mol. The van der Waals surface area contributed by atoms with Gasteiger partial charge in [0.15, 0.2) is 0 Å². The molecule has 1 fully saturated rings. The molecule has 1 unspecified atom stereocenters. The number of hydrogen-bond acceptors (Lipinski definition) is 4. The van der Waals surface area contributed by atoms with Gasteiger partial charge in [0.05, 0.1) is 12.5 Å². The van der Waals surface area contributed by atoms with Gasteiger partial charge in [-0.2, -0.15) is 11.8 Å². The molecule has 1 saturated heterocycles. The molecular formula is C17H26N2O2S. The summed E-state index contributed by atoms with van der Waals surface area (Å²) in [6.07, 6.45) is -0.451. The Balaban J connectivity index is 1.98. The van der Waals surface area contributed by atoms with Gasteiger partial charge in [0.1, 0.15) is 0 Å². The summed E-state index contributed by atoms with van der Waals surface area (Å²) in [7, 11) is 0. The monoisotopic (exact) mass is 322 g/mol. The fraction of sp³-hybridized carbons (Fsp3) is 0.588. The zero-order valence-corrected chi connectivity index (χ0v) is 14.4. The van der Waals surface area contributed by atoms with Crippen LogP contribution in [0.2, 0.25) is 0 Å². The molecule has 4 nitrogen and oxygen atoms in total. The van der Waals surface area contributed by atoms with Crippen molar-refractivity contribution >= 4 is 29.0 Å². The van der Waals surface area contributed by atoms with Crippen LogP contribution in [0.1, 0.15) is 25.8 Å². The van der Waals surface area contributed by atoms with Gasteiger partial charge in [-0.3, -0.25) is 4.79 Å². The molecule has 22 heavy (non-hydrogen) atoms. The summed E-state index contributed by atoms with van der Waals surface area (Å²) in [5, 5.41) is 12.7. The number of rotatable bonds is 5. The average Bonchev–Trinajstić information content (AvgIpc) is 2.50. The second kappa shape index (κ2) is 7.88.